The molecule has 0 saturated heterocycles. The summed E-state index contributed by atoms with van der Waals surface area (Å²) < 4.78 is 7.15. The molecule has 17 heavy (non-hydrogen) atoms. The Morgan fingerprint density at radius 1 is 1.41 bits per heavy atom. The summed E-state index contributed by atoms with van der Waals surface area (Å²) in [6.07, 6.45) is 4.66. The molecule has 0 amide bonds. The molecule has 1 aromatic carbocycles. The topological polar surface area (TPSA) is 39.1 Å². The summed E-state index contributed by atoms with van der Waals surface area (Å²) in [6, 6.07) is 8.12. The van der Waals surface area contributed by atoms with Crippen molar-refractivity contribution in [2.24, 2.45) is 7.05 Å². The number of rotatable bonds is 5. The van der Waals surface area contributed by atoms with Crippen molar-refractivity contribution in [3.8, 4) is 5.75 Å². The Hall–Kier alpha value is -1.97. The van der Waals surface area contributed by atoms with Gasteiger partial charge in [-0.1, -0.05) is 12.1 Å². The van der Waals surface area contributed by atoms with Crippen LogP contribution in [-0.4, -0.2) is 23.2 Å². The minimum atomic E-state index is 0.859. The maximum atomic E-state index is 5.19. The molecule has 2 rings (SSSR count). The second-order valence-electron chi connectivity index (χ2n) is 3.89. The number of benzene rings is 1. The van der Waals surface area contributed by atoms with Crippen LogP contribution in [0.15, 0.2) is 36.7 Å². The van der Waals surface area contributed by atoms with Crippen molar-refractivity contribution in [3.05, 3.63) is 42.2 Å². The Kier molecular flexibility index (Phi) is 3.65. The van der Waals surface area contributed by atoms with E-state index in [0.717, 1.165) is 24.7 Å². The van der Waals surface area contributed by atoms with Crippen molar-refractivity contribution in [1.82, 2.24) is 9.55 Å². The second kappa shape index (κ2) is 5.39. The molecule has 1 heterocycles. The average Bonchev–Trinajstić information content (AvgIpc) is 2.76. The fourth-order valence-electron chi connectivity index (χ4n) is 1.68. The van der Waals surface area contributed by atoms with E-state index in [0.29, 0.717) is 0 Å². The average molecular weight is 231 g/mol. The van der Waals surface area contributed by atoms with Crippen molar-refractivity contribution < 1.29 is 4.74 Å². The summed E-state index contributed by atoms with van der Waals surface area (Å²) in [7, 11) is 3.66. The smallest absolute Gasteiger partial charge is 0.202 e. The molecule has 1 aromatic heterocycles. The highest BCUT2D eigenvalue weighted by molar-refractivity contribution is 5.30. The molecule has 2 aromatic rings. The van der Waals surface area contributed by atoms with E-state index in [-0.39, 0.29) is 0 Å². The highest BCUT2D eigenvalue weighted by atomic mass is 16.5. The molecule has 0 bridgehead atoms. The van der Waals surface area contributed by atoms with Gasteiger partial charge in [-0.3, -0.25) is 0 Å². The fraction of sp³-hybridized carbons (Fsp3) is 0.308. The minimum absolute atomic E-state index is 0.859. The minimum Gasteiger partial charge on any atom is -0.497 e. The summed E-state index contributed by atoms with van der Waals surface area (Å²) in [5.41, 5.74) is 1.26. The highest BCUT2D eigenvalue weighted by Gasteiger charge is 1.99. The molecule has 0 atom stereocenters. The number of anilines is 1. The Balaban J connectivity index is 1.87. The Labute approximate surface area is 101 Å². The van der Waals surface area contributed by atoms with Crippen LogP contribution in [0.25, 0.3) is 0 Å². The van der Waals surface area contributed by atoms with E-state index < -0.39 is 0 Å². The third-order valence-corrected chi connectivity index (χ3v) is 2.65. The molecule has 90 valence electrons. The maximum absolute atomic E-state index is 5.19. The van der Waals surface area contributed by atoms with Crippen LogP contribution in [0.5, 0.6) is 5.75 Å². The van der Waals surface area contributed by atoms with Gasteiger partial charge in [-0.15, -0.1) is 0 Å². The lowest BCUT2D eigenvalue weighted by atomic mass is 10.1. The van der Waals surface area contributed by atoms with Crippen molar-refractivity contribution in [2.75, 3.05) is 19.0 Å². The molecule has 0 aliphatic carbocycles. The van der Waals surface area contributed by atoms with Gasteiger partial charge in [0.1, 0.15) is 5.75 Å². The van der Waals surface area contributed by atoms with Gasteiger partial charge >= 0.3 is 0 Å². The van der Waals surface area contributed by atoms with Crippen LogP contribution in [0.3, 0.4) is 0 Å². The molecule has 1 N–H and O–H groups in total. The quantitative estimate of drug-likeness (QED) is 0.856. The lowest BCUT2D eigenvalue weighted by Gasteiger charge is -2.07. The fourth-order valence-corrected chi connectivity index (χ4v) is 1.68. The van der Waals surface area contributed by atoms with Gasteiger partial charge in [0.05, 0.1) is 7.11 Å². The van der Waals surface area contributed by atoms with E-state index in [1.807, 2.05) is 29.9 Å². The van der Waals surface area contributed by atoms with Gasteiger partial charge in [-0.25, -0.2) is 4.98 Å². The van der Waals surface area contributed by atoms with Crippen LogP contribution in [0.1, 0.15) is 5.56 Å². The predicted octanol–water partition coefficient (Wildman–Crippen LogP) is 2.08. The molecule has 0 aliphatic heterocycles. The molecule has 0 saturated carbocycles. The predicted molar refractivity (Wildman–Crippen MR) is 68.4 cm³/mol. The molecular formula is C13H17N3O. The number of ether oxygens (including phenoxy) is 1. The number of methoxy groups -OCH3 is 1. The van der Waals surface area contributed by atoms with Gasteiger partial charge in [-0.2, -0.15) is 0 Å². The SMILES string of the molecule is COc1cccc(CCNc2nccn2C)c1. The van der Waals surface area contributed by atoms with Crippen LogP contribution in [0.4, 0.5) is 5.95 Å². The van der Waals surface area contributed by atoms with Gasteiger partial charge < -0.3 is 14.6 Å². The van der Waals surface area contributed by atoms with E-state index in [1.54, 1.807) is 13.3 Å². The highest BCUT2D eigenvalue weighted by Crippen LogP contribution is 2.13. The van der Waals surface area contributed by atoms with Crippen molar-refractivity contribution in [3.63, 3.8) is 0 Å². The number of hydrogen-bond acceptors (Lipinski definition) is 3. The number of nitrogens with one attached hydrogen (secondary N) is 1. The Morgan fingerprint density at radius 3 is 3.00 bits per heavy atom. The summed E-state index contributed by atoms with van der Waals surface area (Å²) in [5, 5.41) is 3.29. The number of nitrogens with zero attached hydrogens (tertiary/aromatic N) is 2. The van der Waals surface area contributed by atoms with E-state index in [1.165, 1.54) is 5.56 Å². The molecule has 0 unspecified atom stereocenters. The maximum Gasteiger partial charge on any atom is 0.202 e. The standard InChI is InChI=1S/C13H17N3O/c1-16-9-8-15-13(16)14-7-6-11-4-3-5-12(10-11)17-2/h3-5,8-10H,6-7H2,1-2H3,(H,14,15). The molecule has 4 nitrogen and oxygen atoms in total. The summed E-state index contributed by atoms with van der Waals surface area (Å²) in [4.78, 5) is 4.21. The molecule has 0 spiro atoms. The first kappa shape index (κ1) is 11.5. The normalized spacial score (nSPS) is 10.2. The summed E-state index contributed by atoms with van der Waals surface area (Å²) in [5.74, 6) is 1.80. The van der Waals surface area contributed by atoms with Crippen LogP contribution in [0, 0.1) is 0 Å². The molecule has 0 radical (unpaired) electrons. The second-order valence-corrected chi connectivity index (χ2v) is 3.89. The lowest BCUT2D eigenvalue weighted by molar-refractivity contribution is 0.414. The summed E-state index contributed by atoms with van der Waals surface area (Å²) >= 11 is 0. The van der Waals surface area contributed by atoms with Gasteiger partial charge in [0.25, 0.3) is 0 Å². The van der Waals surface area contributed by atoms with E-state index >= 15 is 0 Å². The largest absolute Gasteiger partial charge is 0.497 e. The van der Waals surface area contributed by atoms with Crippen LogP contribution >= 0.6 is 0 Å². The zero-order valence-corrected chi connectivity index (χ0v) is 10.2. The molecular weight excluding hydrogens is 214 g/mol. The first-order valence-electron chi connectivity index (χ1n) is 5.64. The first-order valence-corrected chi connectivity index (χ1v) is 5.64. The van der Waals surface area contributed by atoms with Crippen molar-refractivity contribution in [1.29, 1.82) is 0 Å². The monoisotopic (exact) mass is 231 g/mol. The van der Waals surface area contributed by atoms with Gasteiger partial charge in [-0.05, 0) is 24.1 Å². The zero-order valence-electron chi connectivity index (χ0n) is 10.2. The van der Waals surface area contributed by atoms with Crippen LogP contribution in [-0.2, 0) is 13.5 Å². The van der Waals surface area contributed by atoms with Crippen molar-refractivity contribution >= 4 is 5.95 Å². The van der Waals surface area contributed by atoms with E-state index in [2.05, 4.69) is 22.4 Å². The van der Waals surface area contributed by atoms with Gasteiger partial charge in [0, 0.05) is 26.0 Å². The van der Waals surface area contributed by atoms with E-state index in [4.69, 9.17) is 4.74 Å². The Bertz CT molecular complexity index is 479. The number of imidazole rings is 1. The van der Waals surface area contributed by atoms with Gasteiger partial charge in [0.15, 0.2) is 0 Å². The third kappa shape index (κ3) is 3.00. The number of aromatic nitrogens is 2. The van der Waals surface area contributed by atoms with Crippen LogP contribution < -0.4 is 10.1 Å². The zero-order chi connectivity index (χ0) is 12.1. The Morgan fingerprint density at radius 2 is 2.29 bits per heavy atom. The van der Waals surface area contributed by atoms with Gasteiger partial charge in [0.2, 0.25) is 5.95 Å². The summed E-state index contributed by atoms with van der Waals surface area (Å²) in [6.45, 7) is 0.859. The molecule has 4 heteroatoms. The molecule has 0 aliphatic rings. The number of aryl methyl sites for hydroxylation is 1. The van der Waals surface area contributed by atoms with Crippen LogP contribution in [0.2, 0.25) is 0 Å². The number of hydrogen-bond donors (Lipinski definition) is 1. The first-order chi connectivity index (χ1) is 8.29. The third-order valence-electron chi connectivity index (χ3n) is 2.65. The lowest BCUT2D eigenvalue weighted by Crippen LogP contribution is -2.08. The van der Waals surface area contributed by atoms with E-state index in [9.17, 15) is 0 Å². The molecule has 0 fully saturated rings. The van der Waals surface area contributed by atoms with Crippen molar-refractivity contribution in [2.45, 2.75) is 6.42 Å².